The molecule has 1 fully saturated rings. The Morgan fingerprint density at radius 2 is 1.83 bits per heavy atom. The fraction of sp³-hybridized carbons (Fsp3) is 0.281. The highest BCUT2D eigenvalue weighted by molar-refractivity contribution is 6.00. The van der Waals surface area contributed by atoms with E-state index in [0.717, 1.165) is 66.7 Å². The number of likely N-dealkylation sites (tertiary alicyclic amines) is 1. The molecule has 2 nitrogen and oxygen atoms in total. The quantitative estimate of drug-likeness (QED) is 0.369. The normalized spacial score (nSPS) is 15.7. The summed E-state index contributed by atoms with van der Waals surface area (Å²) >= 11 is 0. The summed E-state index contributed by atoms with van der Waals surface area (Å²) in [4.78, 5) is 2.22. The van der Waals surface area contributed by atoms with E-state index in [9.17, 15) is 14.0 Å². The molecule has 0 saturated carbocycles. The van der Waals surface area contributed by atoms with Crippen molar-refractivity contribution in [1.29, 1.82) is 5.26 Å². The van der Waals surface area contributed by atoms with E-state index in [4.69, 9.17) is 0 Å². The number of rotatable bonds is 6. The predicted molar refractivity (Wildman–Crippen MR) is 143 cm³/mol. The number of fused-ring (bicyclic) bond motifs is 1. The molecule has 5 rings (SSSR count). The van der Waals surface area contributed by atoms with Gasteiger partial charge in [0, 0.05) is 19.6 Å². The SMILES string of the molecule is Cc1cc(F)ccc1C1=C(c2ccc(C=C3CN(CCCF)C3)c(C#N)c2)c2ccccc2CCC1. The van der Waals surface area contributed by atoms with Crippen LogP contribution in [0.2, 0.25) is 0 Å². The van der Waals surface area contributed by atoms with Crippen LogP contribution in [-0.4, -0.2) is 31.2 Å². The van der Waals surface area contributed by atoms with Gasteiger partial charge in [-0.1, -0.05) is 48.5 Å². The van der Waals surface area contributed by atoms with Crippen LogP contribution in [0.25, 0.3) is 17.2 Å². The lowest BCUT2D eigenvalue weighted by atomic mass is 9.85. The molecule has 1 saturated heterocycles. The minimum Gasteiger partial charge on any atom is -0.295 e. The van der Waals surface area contributed by atoms with Gasteiger partial charge in [0.2, 0.25) is 0 Å². The Bertz CT molecular complexity index is 1390. The highest BCUT2D eigenvalue weighted by atomic mass is 19.1. The number of nitrogens with zero attached hydrogens (tertiary/aromatic N) is 2. The van der Waals surface area contributed by atoms with Gasteiger partial charge in [0.05, 0.1) is 18.3 Å². The van der Waals surface area contributed by atoms with Gasteiger partial charge in [-0.3, -0.25) is 9.29 Å². The third-order valence-corrected chi connectivity index (χ3v) is 7.26. The van der Waals surface area contributed by atoms with Gasteiger partial charge in [-0.15, -0.1) is 0 Å². The molecule has 1 heterocycles. The maximum atomic E-state index is 13.9. The summed E-state index contributed by atoms with van der Waals surface area (Å²) in [6, 6.07) is 22.1. The Morgan fingerprint density at radius 1 is 1.00 bits per heavy atom. The van der Waals surface area contributed by atoms with Gasteiger partial charge in [-0.05, 0) is 101 Å². The molecule has 0 aromatic heterocycles. The first-order valence-corrected chi connectivity index (χ1v) is 12.7. The molecule has 0 N–H and O–H groups in total. The van der Waals surface area contributed by atoms with Crippen LogP contribution in [-0.2, 0) is 6.42 Å². The minimum atomic E-state index is -0.284. The zero-order valence-corrected chi connectivity index (χ0v) is 20.7. The van der Waals surface area contributed by atoms with Crippen LogP contribution >= 0.6 is 0 Å². The number of hydrogen-bond donors (Lipinski definition) is 0. The van der Waals surface area contributed by atoms with E-state index in [1.807, 2.05) is 25.1 Å². The molecule has 1 aliphatic carbocycles. The van der Waals surface area contributed by atoms with Gasteiger partial charge in [0.25, 0.3) is 0 Å². The van der Waals surface area contributed by atoms with Crippen molar-refractivity contribution < 1.29 is 8.78 Å². The average molecular weight is 481 g/mol. The molecule has 0 radical (unpaired) electrons. The molecule has 0 amide bonds. The first-order chi connectivity index (χ1) is 17.6. The van der Waals surface area contributed by atoms with E-state index in [0.29, 0.717) is 12.0 Å². The summed E-state index contributed by atoms with van der Waals surface area (Å²) < 4.78 is 26.4. The summed E-state index contributed by atoms with van der Waals surface area (Å²) in [5, 5.41) is 10.0. The molecule has 36 heavy (non-hydrogen) atoms. The highest BCUT2D eigenvalue weighted by Gasteiger charge is 2.23. The molecule has 2 aliphatic rings. The number of allylic oxidation sites excluding steroid dienone is 1. The van der Waals surface area contributed by atoms with E-state index in [-0.39, 0.29) is 12.5 Å². The van der Waals surface area contributed by atoms with E-state index in [1.165, 1.54) is 28.3 Å². The smallest absolute Gasteiger partial charge is 0.123 e. The number of hydrogen-bond acceptors (Lipinski definition) is 2. The van der Waals surface area contributed by atoms with E-state index < -0.39 is 0 Å². The average Bonchev–Trinajstić information content (AvgIpc) is 3.05. The Morgan fingerprint density at radius 3 is 2.61 bits per heavy atom. The van der Waals surface area contributed by atoms with Crippen molar-refractivity contribution in [2.75, 3.05) is 26.3 Å². The Hall–Kier alpha value is -3.55. The third-order valence-electron chi connectivity index (χ3n) is 7.26. The van der Waals surface area contributed by atoms with Gasteiger partial charge in [0.15, 0.2) is 0 Å². The number of halogens is 2. The topological polar surface area (TPSA) is 27.0 Å². The Labute approximate surface area is 212 Å². The molecule has 1 aliphatic heterocycles. The van der Waals surface area contributed by atoms with Crippen molar-refractivity contribution in [2.45, 2.75) is 32.6 Å². The molecule has 0 spiro atoms. The van der Waals surface area contributed by atoms with Crippen molar-refractivity contribution in [3.63, 3.8) is 0 Å². The lowest BCUT2D eigenvalue weighted by Gasteiger charge is -2.33. The molecule has 0 bridgehead atoms. The van der Waals surface area contributed by atoms with Gasteiger partial charge in [-0.2, -0.15) is 5.26 Å². The van der Waals surface area contributed by atoms with E-state index >= 15 is 0 Å². The Balaban J connectivity index is 1.59. The second-order valence-electron chi connectivity index (χ2n) is 9.79. The zero-order valence-electron chi connectivity index (χ0n) is 20.7. The van der Waals surface area contributed by atoms with Gasteiger partial charge in [-0.25, -0.2) is 4.39 Å². The summed E-state index contributed by atoms with van der Waals surface area (Å²) in [6.45, 7) is 4.12. The summed E-state index contributed by atoms with van der Waals surface area (Å²) in [7, 11) is 0. The molecule has 0 atom stereocenters. The van der Waals surface area contributed by atoms with Crippen LogP contribution in [0.15, 0.2) is 66.2 Å². The van der Waals surface area contributed by atoms with Crippen LogP contribution in [0.4, 0.5) is 8.78 Å². The van der Waals surface area contributed by atoms with Crippen molar-refractivity contribution in [2.24, 2.45) is 0 Å². The highest BCUT2D eigenvalue weighted by Crippen LogP contribution is 2.41. The number of aryl methyl sites for hydroxylation is 2. The number of alkyl halides is 1. The van der Waals surface area contributed by atoms with Crippen molar-refractivity contribution in [3.8, 4) is 6.07 Å². The van der Waals surface area contributed by atoms with Gasteiger partial charge >= 0.3 is 0 Å². The molecule has 4 heteroatoms. The standard InChI is InChI=1S/C32H30F2N2/c1-22-16-28(34)12-13-29(22)31-9-4-7-24-6-2-3-8-30(24)32(31)26-11-10-25(27(18-26)19-35)17-23-20-36(21-23)15-5-14-33/h2-3,6,8,10-13,16-18H,4-5,7,9,14-15,20-21H2,1H3. The maximum Gasteiger partial charge on any atom is 0.123 e. The third kappa shape index (κ3) is 4.90. The number of nitriles is 1. The molecule has 182 valence electrons. The summed E-state index contributed by atoms with van der Waals surface area (Å²) in [6.07, 6.45) is 5.56. The molecular formula is C32H30F2N2. The van der Waals surface area contributed by atoms with E-state index in [2.05, 4.69) is 47.4 Å². The lowest BCUT2D eigenvalue weighted by molar-refractivity contribution is 0.239. The van der Waals surface area contributed by atoms with E-state index in [1.54, 1.807) is 6.07 Å². The monoisotopic (exact) mass is 480 g/mol. The second kappa shape index (κ2) is 10.6. The van der Waals surface area contributed by atoms with Crippen molar-refractivity contribution in [3.05, 3.63) is 111 Å². The lowest BCUT2D eigenvalue weighted by Crippen LogP contribution is -2.40. The van der Waals surface area contributed by atoms with Crippen LogP contribution in [0.3, 0.4) is 0 Å². The molecule has 3 aromatic rings. The Kier molecular flexibility index (Phi) is 7.11. The predicted octanol–water partition coefficient (Wildman–Crippen LogP) is 7.36. The zero-order chi connectivity index (χ0) is 25.1. The van der Waals surface area contributed by atoms with Crippen LogP contribution in [0, 0.1) is 24.1 Å². The first-order valence-electron chi connectivity index (χ1n) is 12.7. The largest absolute Gasteiger partial charge is 0.295 e. The molecule has 0 unspecified atom stereocenters. The van der Waals surface area contributed by atoms with Crippen molar-refractivity contribution in [1.82, 2.24) is 4.90 Å². The molecule has 3 aromatic carbocycles. The summed E-state index contributed by atoms with van der Waals surface area (Å²) in [5.74, 6) is -0.226. The number of benzene rings is 3. The van der Waals surface area contributed by atoms with Gasteiger partial charge < -0.3 is 0 Å². The first kappa shape index (κ1) is 24.2. The van der Waals surface area contributed by atoms with Crippen LogP contribution in [0.5, 0.6) is 0 Å². The van der Waals surface area contributed by atoms with Crippen LogP contribution in [0.1, 0.15) is 58.2 Å². The fourth-order valence-corrected chi connectivity index (χ4v) is 5.51. The molecular weight excluding hydrogens is 450 g/mol. The maximum absolute atomic E-state index is 13.9. The summed E-state index contributed by atoms with van der Waals surface area (Å²) in [5.41, 5.74) is 10.7. The van der Waals surface area contributed by atoms with Crippen LogP contribution < -0.4 is 0 Å². The fourth-order valence-electron chi connectivity index (χ4n) is 5.51. The minimum absolute atomic E-state index is 0.226. The van der Waals surface area contributed by atoms with Crippen molar-refractivity contribution >= 4 is 17.2 Å². The van der Waals surface area contributed by atoms with Gasteiger partial charge in [0.1, 0.15) is 5.82 Å². The second-order valence-corrected chi connectivity index (χ2v) is 9.79.